The number of rotatable bonds is 10. The molecule has 0 fully saturated rings. The van der Waals surface area contributed by atoms with E-state index >= 15 is 0 Å². The SMILES string of the molecule is CCC(C(=O)NC(C)(C)C)N(Cc1ccc(Cl)cc1)C(=O)CN(c1cccc(Cl)c1C)S(=O)(=O)c1ccccc1. The average molecular weight is 605 g/mol. The van der Waals surface area contributed by atoms with Gasteiger partial charge in [0.1, 0.15) is 12.6 Å². The lowest BCUT2D eigenvalue weighted by atomic mass is 10.1. The standard InChI is InChI=1S/C30H35Cl2N3O4S/c1-6-26(29(37)33-30(3,4)5)34(19-22-15-17-23(31)18-16-22)28(36)20-35(27-14-10-13-25(32)21(27)2)40(38,39)24-11-8-7-9-12-24/h7-18,26H,6,19-20H2,1-5H3,(H,33,37). The number of nitrogens with one attached hydrogen (secondary N) is 1. The van der Waals surface area contributed by atoms with Crippen molar-refractivity contribution in [3.05, 3.63) is 94.0 Å². The summed E-state index contributed by atoms with van der Waals surface area (Å²) in [4.78, 5) is 29.0. The molecule has 0 aromatic heterocycles. The maximum atomic E-state index is 14.1. The van der Waals surface area contributed by atoms with Crippen molar-refractivity contribution in [2.24, 2.45) is 0 Å². The molecule has 10 heteroatoms. The van der Waals surface area contributed by atoms with E-state index in [1.807, 2.05) is 27.7 Å². The third-order valence-electron chi connectivity index (χ3n) is 6.27. The summed E-state index contributed by atoms with van der Waals surface area (Å²) in [6.07, 6.45) is 0.322. The van der Waals surface area contributed by atoms with Crippen LogP contribution >= 0.6 is 23.2 Å². The van der Waals surface area contributed by atoms with Crippen LogP contribution in [0.25, 0.3) is 0 Å². The lowest BCUT2D eigenvalue weighted by molar-refractivity contribution is -0.141. The fourth-order valence-corrected chi connectivity index (χ4v) is 6.05. The van der Waals surface area contributed by atoms with Gasteiger partial charge in [-0.2, -0.15) is 0 Å². The summed E-state index contributed by atoms with van der Waals surface area (Å²) in [7, 11) is -4.17. The Morgan fingerprint density at radius 1 is 0.925 bits per heavy atom. The van der Waals surface area contributed by atoms with Gasteiger partial charge in [0.2, 0.25) is 11.8 Å². The predicted molar refractivity (Wildman–Crippen MR) is 161 cm³/mol. The van der Waals surface area contributed by atoms with E-state index < -0.39 is 34.1 Å². The summed E-state index contributed by atoms with van der Waals surface area (Å²) in [5.74, 6) is -0.863. The van der Waals surface area contributed by atoms with Crippen LogP contribution in [-0.4, -0.2) is 43.3 Å². The van der Waals surface area contributed by atoms with Crippen molar-refractivity contribution in [3.63, 3.8) is 0 Å². The van der Waals surface area contributed by atoms with E-state index in [2.05, 4.69) is 5.32 Å². The number of nitrogens with zero attached hydrogens (tertiary/aromatic N) is 2. The molecule has 7 nitrogen and oxygen atoms in total. The summed E-state index contributed by atoms with van der Waals surface area (Å²) in [6, 6.07) is 18.9. The van der Waals surface area contributed by atoms with Gasteiger partial charge in [-0.3, -0.25) is 13.9 Å². The van der Waals surface area contributed by atoms with E-state index in [9.17, 15) is 18.0 Å². The number of carbonyl (C=O) groups is 2. The van der Waals surface area contributed by atoms with Gasteiger partial charge in [-0.25, -0.2) is 8.42 Å². The maximum Gasteiger partial charge on any atom is 0.264 e. The highest BCUT2D eigenvalue weighted by Gasteiger charge is 2.35. The van der Waals surface area contributed by atoms with Crippen LogP contribution in [0.1, 0.15) is 45.2 Å². The maximum absolute atomic E-state index is 14.1. The molecule has 40 heavy (non-hydrogen) atoms. The number of sulfonamides is 1. The lowest BCUT2D eigenvalue weighted by Crippen LogP contribution is -2.55. The topological polar surface area (TPSA) is 86.8 Å². The number of amides is 2. The number of hydrogen-bond donors (Lipinski definition) is 1. The fraction of sp³-hybridized carbons (Fsp3) is 0.333. The summed E-state index contributed by atoms with van der Waals surface area (Å²) in [5.41, 5.74) is 1.01. The molecular formula is C30H35Cl2N3O4S. The van der Waals surface area contributed by atoms with Gasteiger partial charge in [0, 0.05) is 22.1 Å². The van der Waals surface area contributed by atoms with Gasteiger partial charge in [0.05, 0.1) is 10.6 Å². The zero-order valence-electron chi connectivity index (χ0n) is 23.3. The Bertz CT molecular complexity index is 1440. The Hall–Kier alpha value is -3.07. The predicted octanol–water partition coefficient (Wildman–Crippen LogP) is 6.22. The largest absolute Gasteiger partial charge is 0.350 e. The van der Waals surface area contributed by atoms with Crippen LogP contribution in [0.3, 0.4) is 0 Å². The Labute approximate surface area is 247 Å². The van der Waals surface area contributed by atoms with Crippen molar-refractivity contribution in [3.8, 4) is 0 Å². The average Bonchev–Trinajstić information content (AvgIpc) is 2.89. The second-order valence-electron chi connectivity index (χ2n) is 10.5. The van der Waals surface area contributed by atoms with Crippen molar-refractivity contribution in [2.75, 3.05) is 10.8 Å². The van der Waals surface area contributed by atoms with Crippen LogP contribution < -0.4 is 9.62 Å². The minimum atomic E-state index is -4.17. The van der Waals surface area contributed by atoms with E-state index in [1.54, 1.807) is 67.6 Å². The summed E-state index contributed by atoms with van der Waals surface area (Å²) >= 11 is 12.4. The molecule has 0 heterocycles. The quantitative estimate of drug-likeness (QED) is 0.298. The number of hydrogen-bond acceptors (Lipinski definition) is 4. The van der Waals surface area contributed by atoms with E-state index in [0.29, 0.717) is 22.0 Å². The number of carbonyl (C=O) groups excluding carboxylic acids is 2. The van der Waals surface area contributed by atoms with Crippen LogP contribution in [0.15, 0.2) is 77.7 Å². The van der Waals surface area contributed by atoms with Crippen molar-refractivity contribution < 1.29 is 18.0 Å². The second-order valence-corrected chi connectivity index (χ2v) is 13.2. The van der Waals surface area contributed by atoms with Crippen LogP contribution in [0.2, 0.25) is 10.0 Å². The molecule has 0 aliphatic heterocycles. The Kier molecular flexibility index (Phi) is 10.3. The minimum absolute atomic E-state index is 0.0314. The molecule has 0 aliphatic rings. The summed E-state index contributed by atoms with van der Waals surface area (Å²) in [5, 5.41) is 3.86. The van der Waals surface area contributed by atoms with Crippen molar-refractivity contribution in [2.45, 2.75) is 64.1 Å². The van der Waals surface area contributed by atoms with Gasteiger partial charge >= 0.3 is 0 Å². The number of benzene rings is 3. The molecule has 0 saturated carbocycles. The van der Waals surface area contributed by atoms with Gasteiger partial charge in [-0.1, -0.05) is 66.5 Å². The highest BCUT2D eigenvalue weighted by atomic mass is 35.5. The molecule has 1 atom stereocenters. The zero-order chi connectivity index (χ0) is 29.7. The molecule has 214 valence electrons. The molecule has 0 aliphatic carbocycles. The molecule has 2 amide bonds. The molecular weight excluding hydrogens is 569 g/mol. The summed E-state index contributed by atoms with van der Waals surface area (Å²) in [6.45, 7) is 8.64. The molecule has 0 bridgehead atoms. The van der Waals surface area contributed by atoms with E-state index in [4.69, 9.17) is 23.2 Å². The molecule has 1 unspecified atom stereocenters. The zero-order valence-corrected chi connectivity index (χ0v) is 25.6. The monoisotopic (exact) mass is 603 g/mol. The van der Waals surface area contributed by atoms with Crippen LogP contribution in [-0.2, 0) is 26.2 Å². The van der Waals surface area contributed by atoms with E-state index in [1.165, 1.54) is 17.0 Å². The highest BCUT2D eigenvalue weighted by molar-refractivity contribution is 7.92. The first-order valence-corrected chi connectivity index (χ1v) is 15.1. The van der Waals surface area contributed by atoms with Gasteiger partial charge in [0.25, 0.3) is 10.0 Å². The fourth-order valence-electron chi connectivity index (χ4n) is 4.26. The van der Waals surface area contributed by atoms with E-state index in [0.717, 1.165) is 9.87 Å². The molecule has 0 saturated heterocycles. The van der Waals surface area contributed by atoms with Crippen molar-refractivity contribution in [1.82, 2.24) is 10.2 Å². The van der Waals surface area contributed by atoms with Gasteiger partial charge in [0.15, 0.2) is 0 Å². The first-order valence-electron chi connectivity index (χ1n) is 12.9. The van der Waals surface area contributed by atoms with Crippen molar-refractivity contribution in [1.29, 1.82) is 0 Å². The first kappa shape index (κ1) is 31.5. The van der Waals surface area contributed by atoms with Crippen molar-refractivity contribution >= 4 is 50.7 Å². The third-order valence-corrected chi connectivity index (χ3v) is 8.70. The molecule has 3 rings (SSSR count). The third kappa shape index (κ3) is 7.77. The number of halogens is 2. The number of anilines is 1. The normalized spacial score (nSPS) is 12.5. The first-order chi connectivity index (χ1) is 18.7. The molecule has 1 N–H and O–H groups in total. The van der Waals surface area contributed by atoms with Gasteiger partial charge in [-0.05, 0) is 81.6 Å². The lowest BCUT2D eigenvalue weighted by Gasteiger charge is -2.35. The molecule has 3 aromatic rings. The van der Waals surface area contributed by atoms with Gasteiger partial charge in [-0.15, -0.1) is 0 Å². The minimum Gasteiger partial charge on any atom is -0.350 e. The van der Waals surface area contributed by atoms with Crippen LogP contribution in [0, 0.1) is 6.92 Å². The highest BCUT2D eigenvalue weighted by Crippen LogP contribution is 2.31. The van der Waals surface area contributed by atoms with Gasteiger partial charge < -0.3 is 10.2 Å². The van der Waals surface area contributed by atoms with Crippen LogP contribution in [0.4, 0.5) is 5.69 Å². The Balaban J connectivity index is 2.10. The van der Waals surface area contributed by atoms with Crippen LogP contribution in [0.5, 0.6) is 0 Å². The Morgan fingerprint density at radius 3 is 2.12 bits per heavy atom. The second kappa shape index (κ2) is 13.1. The van der Waals surface area contributed by atoms with E-state index in [-0.39, 0.29) is 23.0 Å². The molecule has 0 spiro atoms. The summed E-state index contributed by atoms with van der Waals surface area (Å²) < 4.78 is 28.9. The molecule has 3 aromatic carbocycles. The Morgan fingerprint density at radius 2 is 1.55 bits per heavy atom. The molecule has 0 radical (unpaired) electrons. The smallest absolute Gasteiger partial charge is 0.264 e.